The molecule has 2 aromatic rings. The summed E-state index contributed by atoms with van der Waals surface area (Å²) < 4.78 is 13.2. The summed E-state index contributed by atoms with van der Waals surface area (Å²) in [5.41, 5.74) is 8.51. The van der Waals surface area contributed by atoms with Crippen LogP contribution in [-0.2, 0) is 11.3 Å². The van der Waals surface area contributed by atoms with Crippen molar-refractivity contribution in [3.63, 3.8) is 0 Å². The Hall–Kier alpha value is -2.40. The van der Waals surface area contributed by atoms with Gasteiger partial charge in [-0.3, -0.25) is 4.79 Å². The molecule has 3 N–H and O–H groups in total. The van der Waals surface area contributed by atoms with Gasteiger partial charge in [-0.15, -0.1) is 0 Å². The molecule has 140 valence electrons. The van der Waals surface area contributed by atoms with Crippen LogP contribution in [-0.4, -0.2) is 25.4 Å². The summed E-state index contributed by atoms with van der Waals surface area (Å²) in [6.07, 6.45) is 0.807. The molecule has 0 saturated heterocycles. The van der Waals surface area contributed by atoms with E-state index in [1.54, 1.807) is 12.1 Å². The predicted molar refractivity (Wildman–Crippen MR) is 106 cm³/mol. The molecule has 26 heavy (non-hydrogen) atoms. The zero-order chi connectivity index (χ0) is 18.9. The van der Waals surface area contributed by atoms with Crippen molar-refractivity contribution in [3.8, 4) is 0 Å². The number of hydrogen-bond donors (Lipinski definition) is 2. The smallest absolute Gasteiger partial charge is 0.154 e. The fourth-order valence-corrected chi connectivity index (χ4v) is 2.81. The van der Waals surface area contributed by atoms with Gasteiger partial charge in [-0.2, -0.15) is 0 Å². The maximum atomic E-state index is 13.2. The van der Waals surface area contributed by atoms with Gasteiger partial charge >= 0.3 is 0 Å². The third-order valence-corrected chi connectivity index (χ3v) is 4.46. The molecule has 0 amide bonds. The molecule has 0 bridgehead atoms. The van der Waals surface area contributed by atoms with E-state index in [2.05, 4.69) is 12.2 Å². The highest BCUT2D eigenvalue weighted by Crippen LogP contribution is 2.25. The van der Waals surface area contributed by atoms with E-state index in [1.807, 2.05) is 36.1 Å². The second-order valence-corrected chi connectivity index (χ2v) is 6.55. The average molecular weight is 357 g/mol. The van der Waals surface area contributed by atoms with Gasteiger partial charge in [-0.05, 0) is 49.3 Å². The van der Waals surface area contributed by atoms with Crippen molar-refractivity contribution >= 4 is 17.2 Å². The van der Waals surface area contributed by atoms with Gasteiger partial charge in [0.25, 0.3) is 0 Å². The number of Topliss-reactive ketones (excluding diaryl/α,β-unsaturated/α-hetero) is 1. The zero-order valence-electron chi connectivity index (χ0n) is 15.5. The maximum Gasteiger partial charge on any atom is 0.154 e. The molecular weight excluding hydrogens is 329 g/mol. The molecule has 2 aromatic carbocycles. The molecule has 5 heteroatoms. The second-order valence-electron chi connectivity index (χ2n) is 6.55. The van der Waals surface area contributed by atoms with E-state index >= 15 is 0 Å². The molecule has 0 radical (unpaired) electrons. The Kier molecular flexibility index (Phi) is 7.60. The quantitative estimate of drug-likeness (QED) is 0.504. The molecule has 2 rings (SSSR count). The molecule has 0 fully saturated rings. The largest absolute Gasteiger partial charge is 0.397 e. The highest BCUT2D eigenvalue weighted by Gasteiger charge is 2.19. The molecule has 0 aliphatic carbocycles. The topological polar surface area (TPSA) is 58.4 Å². The molecule has 0 heterocycles. The van der Waals surface area contributed by atoms with Crippen molar-refractivity contribution in [2.75, 3.05) is 30.3 Å². The lowest BCUT2D eigenvalue weighted by atomic mass is 10.0. The summed E-state index contributed by atoms with van der Waals surface area (Å²) in [7, 11) is 0. The lowest BCUT2D eigenvalue weighted by Crippen LogP contribution is -2.33. The first-order valence-electron chi connectivity index (χ1n) is 9.08. The number of nitrogens with one attached hydrogen (secondary N) is 1. The van der Waals surface area contributed by atoms with Crippen molar-refractivity contribution in [1.82, 2.24) is 5.32 Å². The normalized spacial score (nSPS) is 12.0. The third kappa shape index (κ3) is 5.85. The summed E-state index contributed by atoms with van der Waals surface area (Å²) in [4.78, 5) is 14.7. The van der Waals surface area contributed by atoms with Crippen LogP contribution >= 0.6 is 0 Å². The molecule has 0 aliphatic heterocycles. The van der Waals surface area contributed by atoms with Crippen LogP contribution in [0.4, 0.5) is 15.8 Å². The molecule has 0 aliphatic rings. The van der Waals surface area contributed by atoms with Crippen LogP contribution in [0.3, 0.4) is 0 Å². The molecule has 0 spiro atoms. The van der Waals surface area contributed by atoms with Crippen molar-refractivity contribution in [2.45, 2.75) is 26.8 Å². The Bertz CT molecular complexity index is 703. The Balaban J connectivity index is 2.14. The molecular formula is C21H28FN3O. The van der Waals surface area contributed by atoms with Gasteiger partial charge in [0.05, 0.1) is 17.9 Å². The average Bonchev–Trinajstić information content (AvgIpc) is 2.63. The minimum Gasteiger partial charge on any atom is -0.397 e. The zero-order valence-corrected chi connectivity index (χ0v) is 15.5. The van der Waals surface area contributed by atoms with Crippen LogP contribution in [0.25, 0.3) is 0 Å². The standard InChI is InChI=1S/C21H28FN3O/c1-3-24-13-12-16(2)21(26)15-25(20-7-5-4-6-19(20)23)14-17-8-10-18(22)11-9-17/h4-11,16,24H,3,12-15,23H2,1-2H3. The van der Waals surface area contributed by atoms with Crippen LogP contribution in [0.15, 0.2) is 48.5 Å². The summed E-state index contributed by atoms with van der Waals surface area (Å²) in [5, 5.41) is 3.25. The van der Waals surface area contributed by atoms with E-state index in [9.17, 15) is 9.18 Å². The van der Waals surface area contributed by atoms with Gasteiger partial charge in [0.15, 0.2) is 5.78 Å². The van der Waals surface area contributed by atoms with Crippen LogP contribution in [0.2, 0.25) is 0 Å². The highest BCUT2D eigenvalue weighted by atomic mass is 19.1. The van der Waals surface area contributed by atoms with Gasteiger partial charge in [-0.25, -0.2) is 4.39 Å². The third-order valence-electron chi connectivity index (χ3n) is 4.46. The first-order chi connectivity index (χ1) is 12.5. The van der Waals surface area contributed by atoms with Gasteiger partial charge in [0, 0.05) is 12.5 Å². The number of benzene rings is 2. The lowest BCUT2D eigenvalue weighted by molar-refractivity contribution is -0.121. The molecule has 0 saturated carbocycles. The fraction of sp³-hybridized carbons (Fsp3) is 0.381. The number of carbonyl (C=O) groups is 1. The van der Waals surface area contributed by atoms with Crippen molar-refractivity contribution in [3.05, 3.63) is 59.9 Å². The first kappa shape index (κ1) is 19.9. The number of ketones is 1. The number of halogens is 1. The number of para-hydroxylation sites is 2. The second kappa shape index (κ2) is 9.92. The van der Waals surface area contributed by atoms with Gasteiger partial charge in [-0.1, -0.05) is 38.1 Å². The van der Waals surface area contributed by atoms with E-state index in [1.165, 1.54) is 12.1 Å². The molecule has 1 atom stereocenters. The number of anilines is 2. The van der Waals surface area contributed by atoms with E-state index < -0.39 is 0 Å². The lowest BCUT2D eigenvalue weighted by Gasteiger charge is -2.27. The number of nitrogens with two attached hydrogens (primary N) is 1. The van der Waals surface area contributed by atoms with E-state index in [4.69, 9.17) is 5.73 Å². The van der Waals surface area contributed by atoms with Crippen LogP contribution in [0.1, 0.15) is 25.8 Å². The number of carbonyl (C=O) groups excluding carboxylic acids is 1. The number of rotatable bonds is 10. The van der Waals surface area contributed by atoms with Gasteiger partial charge in [0.1, 0.15) is 5.82 Å². The van der Waals surface area contributed by atoms with Gasteiger partial charge in [0.2, 0.25) is 0 Å². The van der Waals surface area contributed by atoms with Crippen LogP contribution in [0.5, 0.6) is 0 Å². The molecule has 4 nitrogen and oxygen atoms in total. The summed E-state index contributed by atoms with van der Waals surface area (Å²) >= 11 is 0. The highest BCUT2D eigenvalue weighted by molar-refractivity contribution is 5.86. The Labute approximate surface area is 155 Å². The van der Waals surface area contributed by atoms with E-state index in [0.29, 0.717) is 12.2 Å². The first-order valence-corrected chi connectivity index (χ1v) is 9.08. The molecule has 1 unspecified atom stereocenters. The number of nitrogens with zero attached hydrogens (tertiary/aromatic N) is 1. The number of hydrogen-bond acceptors (Lipinski definition) is 4. The van der Waals surface area contributed by atoms with E-state index in [-0.39, 0.29) is 24.1 Å². The monoisotopic (exact) mass is 357 g/mol. The Morgan fingerprint density at radius 2 is 1.88 bits per heavy atom. The summed E-state index contributed by atoms with van der Waals surface area (Å²) in [6.45, 7) is 6.52. The molecule has 0 aromatic heterocycles. The minimum absolute atomic E-state index is 0.0327. The Morgan fingerprint density at radius 3 is 2.54 bits per heavy atom. The Morgan fingerprint density at radius 1 is 1.19 bits per heavy atom. The van der Waals surface area contributed by atoms with Crippen molar-refractivity contribution in [2.24, 2.45) is 5.92 Å². The maximum absolute atomic E-state index is 13.2. The number of nitrogen functional groups attached to an aromatic ring is 1. The predicted octanol–water partition coefficient (Wildman–Crippen LogP) is 3.62. The summed E-state index contributed by atoms with van der Waals surface area (Å²) in [6, 6.07) is 13.9. The fourth-order valence-electron chi connectivity index (χ4n) is 2.81. The summed E-state index contributed by atoms with van der Waals surface area (Å²) in [5.74, 6) is -0.129. The van der Waals surface area contributed by atoms with Gasteiger partial charge < -0.3 is 16.0 Å². The van der Waals surface area contributed by atoms with Crippen LogP contribution in [0, 0.1) is 11.7 Å². The van der Waals surface area contributed by atoms with Crippen molar-refractivity contribution in [1.29, 1.82) is 0 Å². The van der Waals surface area contributed by atoms with Crippen molar-refractivity contribution < 1.29 is 9.18 Å². The minimum atomic E-state index is -0.271. The van der Waals surface area contributed by atoms with Crippen LogP contribution < -0.4 is 16.0 Å². The SMILES string of the molecule is CCNCCC(C)C(=O)CN(Cc1ccc(F)cc1)c1ccccc1N. The van der Waals surface area contributed by atoms with E-state index in [0.717, 1.165) is 30.8 Å².